The Bertz CT molecular complexity index is 1070. The molecular weight excluding hydrogens is 486 g/mol. The Morgan fingerprint density at radius 1 is 0.848 bits per heavy atom. The number of rotatable bonds is 11. The van der Waals surface area contributed by atoms with Crippen molar-refractivity contribution in [1.29, 1.82) is 0 Å². The van der Waals surface area contributed by atoms with E-state index in [1.807, 2.05) is 54.6 Å². The molecule has 174 valence electrons. The third-order valence-electron chi connectivity index (χ3n) is 5.12. The van der Waals surface area contributed by atoms with Crippen LogP contribution in [0.5, 0.6) is 23.0 Å². The van der Waals surface area contributed by atoms with Crippen LogP contribution in [-0.4, -0.2) is 33.8 Å². The van der Waals surface area contributed by atoms with Crippen molar-refractivity contribution < 1.29 is 23.7 Å². The van der Waals surface area contributed by atoms with Gasteiger partial charge >= 0.3 is 0 Å². The average molecular weight is 514 g/mol. The first-order valence-corrected chi connectivity index (χ1v) is 11.3. The summed E-state index contributed by atoms with van der Waals surface area (Å²) in [5.74, 6) is 2.47. The van der Waals surface area contributed by atoms with E-state index in [2.05, 4.69) is 21.2 Å². The van der Waals surface area contributed by atoms with E-state index in [4.69, 9.17) is 18.9 Å². The molecule has 33 heavy (non-hydrogen) atoms. The summed E-state index contributed by atoms with van der Waals surface area (Å²) in [5, 5.41) is 2.97. The van der Waals surface area contributed by atoms with Crippen molar-refractivity contribution in [3.63, 3.8) is 0 Å². The summed E-state index contributed by atoms with van der Waals surface area (Å²) < 4.78 is 22.8. The van der Waals surface area contributed by atoms with Crippen molar-refractivity contribution in [2.75, 3.05) is 27.9 Å². The van der Waals surface area contributed by atoms with Crippen molar-refractivity contribution >= 4 is 21.8 Å². The Balaban J connectivity index is 1.53. The minimum absolute atomic E-state index is 0.0716. The quantitative estimate of drug-likeness (QED) is 0.392. The van der Waals surface area contributed by atoms with E-state index in [-0.39, 0.29) is 12.3 Å². The summed E-state index contributed by atoms with van der Waals surface area (Å²) in [6, 6.07) is 19.5. The van der Waals surface area contributed by atoms with Crippen molar-refractivity contribution in [2.24, 2.45) is 0 Å². The SMILES string of the molecule is COc1cc(CCNC(=O)Cc2ccc(OC)c(OC)c2Br)ccc1OCc1ccccc1. The Hall–Kier alpha value is -3.19. The summed E-state index contributed by atoms with van der Waals surface area (Å²) in [5.41, 5.74) is 2.96. The summed E-state index contributed by atoms with van der Waals surface area (Å²) >= 11 is 3.51. The fourth-order valence-electron chi connectivity index (χ4n) is 3.37. The number of halogens is 1. The van der Waals surface area contributed by atoms with Gasteiger partial charge in [0.2, 0.25) is 5.91 Å². The predicted octanol–water partition coefficient (Wildman–Crippen LogP) is 4.96. The second-order valence-electron chi connectivity index (χ2n) is 7.31. The van der Waals surface area contributed by atoms with Gasteiger partial charge in [-0.3, -0.25) is 4.79 Å². The second kappa shape index (κ2) is 12.2. The van der Waals surface area contributed by atoms with Crippen LogP contribution in [0.25, 0.3) is 0 Å². The molecule has 0 unspecified atom stereocenters. The van der Waals surface area contributed by atoms with E-state index in [1.165, 1.54) is 0 Å². The number of methoxy groups -OCH3 is 3. The third kappa shape index (κ3) is 6.65. The van der Waals surface area contributed by atoms with Gasteiger partial charge in [-0.05, 0) is 57.2 Å². The molecule has 3 rings (SSSR count). The topological polar surface area (TPSA) is 66.0 Å². The van der Waals surface area contributed by atoms with E-state index in [0.717, 1.165) is 21.2 Å². The summed E-state index contributed by atoms with van der Waals surface area (Å²) in [7, 11) is 4.77. The first kappa shape index (κ1) is 24.5. The molecule has 1 N–H and O–H groups in total. The number of nitrogens with one attached hydrogen (secondary N) is 1. The van der Waals surface area contributed by atoms with Crippen LogP contribution in [0.3, 0.4) is 0 Å². The molecule has 0 atom stereocenters. The van der Waals surface area contributed by atoms with Crippen LogP contribution >= 0.6 is 15.9 Å². The third-order valence-corrected chi connectivity index (χ3v) is 5.99. The number of carbonyl (C=O) groups excluding carboxylic acids is 1. The van der Waals surface area contributed by atoms with Crippen molar-refractivity contribution in [1.82, 2.24) is 5.32 Å². The smallest absolute Gasteiger partial charge is 0.224 e. The lowest BCUT2D eigenvalue weighted by Crippen LogP contribution is -2.27. The van der Waals surface area contributed by atoms with E-state index < -0.39 is 0 Å². The highest BCUT2D eigenvalue weighted by atomic mass is 79.9. The van der Waals surface area contributed by atoms with Gasteiger partial charge in [0.15, 0.2) is 23.0 Å². The van der Waals surface area contributed by atoms with Crippen LogP contribution in [0.1, 0.15) is 16.7 Å². The highest BCUT2D eigenvalue weighted by Crippen LogP contribution is 2.37. The number of amides is 1. The van der Waals surface area contributed by atoms with Gasteiger partial charge in [0.1, 0.15) is 6.61 Å². The van der Waals surface area contributed by atoms with E-state index in [1.54, 1.807) is 27.4 Å². The minimum atomic E-state index is -0.0716. The Morgan fingerprint density at radius 3 is 2.27 bits per heavy atom. The number of carbonyl (C=O) groups is 1. The van der Waals surface area contributed by atoms with Gasteiger partial charge in [0.25, 0.3) is 0 Å². The maximum atomic E-state index is 12.5. The monoisotopic (exact) mass is 513 g/mol. The Kier molecular flexibility index (Phi) is 9.01. The first-order valence-electron chi connectivity index (χ1n) is 10.6. The zero-order valence-corrected chi connectivity index (χ0v) is 20.6. The molecule has 1 amide bonds. The maximum absolute atomic E-state index is 12.5. The van der Waals surface area contributed by atoms with E-state index >= 15 is 0 Å². The van der Waals surface area contributed by atoms with E-state index in [9.17, 15) is 4.79 Å². The summed E-state index contributed by atoms with van der Waals surface area (Å²) in [6.45, 7) is 0.982. The molecule has 0 spiro atoms. The number of ether oxygens (including phenoxy) is 4. The highest BCUT2D eigenvalue weighted by molar-refractivity contribution is 9.10. The molecule has 0 saturated carbocycles. The van der Waals surface area contributed by atoms with Crippen molar-refractivity contribution in [3.05, 3.63) is 81.8 Å². The first-order chi connectivity index (χ1) is 16.0. The lowest BCUT2D eigenvalue weighted by atomic mass is 10.1. The second-order valence-corrected chi connectivity index (χ2v) is 8.10. The zero-order valence-electron chi connectivity index (χ0n) is 19.0. The lowest BCUT2D eigenvalue weighted by Gasteiger charge is -2.14. The molecule has 0 aliphatic carbocycles. The molecule has 0 aliphatic rings. The van der Waals surface area contributed by atoms with Crippen LogP contribution in [0.2, 0.25) is 0 Å². The fraction of sp³-hybridized carbons (Fsp3) is 0.269. The summed E-state index contributed by atoms with van der Waals surface area (Å²) in [4.78, 5) is 12.5. The molecule has 7 heteroatoms. The van der Waals surface area contributed by atoms with Gasteiger partial charge in [0.05, 0.1) is 32.2 Å². The molecule has 3 aromatic rings. The molecule has 0 saturated heterocycles. The number of hydrogen-bond donors (Lipinski definition) is 1. The average Bonchev–Trinajstić information content (AvgIpc) is 2.84. The normalized spacial score (nSPS) is 10.4. The highest BCUT2D eigenvalue weighted by Gasteiger charge is 2.15. The molecule has 3 aromatic carbocycles. The van der Waals surface area contributed by atoms with Crippen LogP contribution in [0, 0.1) is 0 Å². The van der Waals surface area contributed by atoms with Gasteiger partial charge in [0, 0.05) is 6.54 Å². The van der Waals surface area contributed by atoms with Crippen molar-refractivity contribution in [3.8, 4) is 23.0 Å². The van der Waals surface area contributed by atoms with Crippen LogP contribution in [-0.2, 0) is 24.2 Å². The van der Waals surface area contributed by atoms with Gasteiger partial charge in [-0.1, -0.05) is 42.5 Å². The van der Waals surface area contributed by atoms with Gasteiger partial charge in [-0.2, -0.15) is 0 Å². The molecule has 6 nitrogen and oxygen atoms in total. The minimum Gasteiger partial charge on any atom is -0.493 e. The number of benzene rings is 3. The van der Waals surface area contributed by atoms with Gasteiger partial charge in [-0.25, -0.2) is 0 Å². The molecule has 0 bridgehead atoms. The molecule has 0 heterocycles. The van der Waals surface area contributed by atoms with Crippen LogP contribution in [0.4, 0.5) is 0 Å². The molecular formula is C26H28BrNO5. The largest absolute Gasteiger partial charge is 0.493 e. The summed E-state index contributed by atoms with van der Waals surface area (Å²) in [6.07, 6.45) is 0.907. The Morgan fingerprint density at radius 2 is 1.58 bits per heavy atom. The fourth-order valence-corrected chi connectivity index (χ4v) is 4.00. The molecule has 0 aromatic heterocycles. The van der Waals surface area contributed by atoms with Gasteiger partial charge < -0.3 is 24.3 Å². The van der Waals surface area contributed by atoms with E-state index in [0.29, 0.717) is 42.6 Å². The van der Waals surface area contributed by atoms with Crippen LogP contribution in [0.15, 0.2) is 65.1 Å². The van der Waals surface area contributed by atoms with Crippen LogP contribution < -0.4 is 24.3 Å². The molecule has 0 radical (unpaired) electrons. The predicted molar refractivity (Wildman–Crippen MR) is 131 cm³/mol. The maximum Gasteiger partial charge on any atom is 0.224 e. The zero-order chi connectivity index (χ0) is 23.6. The molecule has 0 fully saturated rings. The van der Waals surface area contributed by atoms with Crippen molar-refractivity contribution in [2.45, 2.75) is 19.4 Å². The Labute approximate surface area is 202 Å². The van der Waals surface area contributed by atoms with Gasteiger partial charge in [-0.15, -0.1) is 0 Å². The number of hydrogen-bond acceptors (Lipinski definition) is 5. The standard InChI is InChI=1S/C26H28BrNO5/c1-30-22-12-10-20(25(27)26(22)32-3)16-24(29)28-14-13-18-9-11-21(23(15-18)31-2)33-17-19-7-5-4-6-8-19/h4-12,15H,13-14,16-17H2,1-3H3,(H,28,29). The molecule has 0 aliphatic heterocycles. The lowest BCUT2D eigenvalue weighted by molar-refractivity contribution is -0.120.